The first-order valence-electron chi connectivity index (χ1n) is 6.34. The number of rotatable bonds is 2. The molecule has 0 aliphatic heterocycles. The number of amides is 1. The molecule has 1 N–H and O–H groups in total. The number of halogens is 2. The van der Waals surface area contributed by atoms with Crippen LogP contribution in [0.15, 0.2) is 57.7 Å². The summed E-state index contributed by atoms with van der Waals surface area (Å²) in [6.45, 7) is 0. The molecule has 0 fully saturated rings. The van der Waals surface area contributed by atoms with E-state index in [9.17, 15) is 18.4 Å². The van der Waals surface area contributed by atoms with E-state index in [1.165, 1.54) is 12.1 Å². The number of carbonyl (C=O) groups is 1. The first-order chi connectivity index (χ1) is 10.6. The highest BCUT2D eigenvalue weighted by Gasteiger charge is 2.16. The Hall–Kier alpha value is -3.02. The molecule has 4 nitrogen and oxygen atoms in total. The normalized spacial score (nSPS) is 10.6. The van der Waals surface area contributed by atoms with Gasteiger partial charge in [0.1, 0.15) is 22.9 Å². The Balaban J connectivity index is 2.01. The summed E-state index contributed by atoms with van der Waals surface area (Å²) in [6, 6.07) is 10.6. The lowest BCUT2D eigenvalue weighted by molar-refractivity contribution is 0.0996. The molecular weight excluding hydrogens is 292 g/mol. The third-order valence-electron chi connectivity index (χ3n) is 3.06. The minimum absolute atomic E-state index is 0.217. The molecule has 0 atom stereocenters. The number of benzene rings is 2. The monoisotopic (exact) mass is 301 g/mol. The van der Waals surface area contributed by atoms with Crippen LogP contribution in [0.4, 0.5) is 14.5 Å². The minimum Gasteiger partial charge on any atom is -0.451 e. The van der Waals surface area contributed by atoms with Gasteiger partial charge in [-0.05, 0) is 24.3 Å². The average molecular weight is 301 g/mol. The Morgan fingerprint density at radius 3 is 2.41 bits per heavy atom. The summed E-state index contributed by atoms with van der Waals surface area (Å²) in [6.07, 6.45) is 0. The molecule has 0 saturated heterocycles. The van der Waals surface area contributed by atoms with Crippen molar-refractivity contribution in [1.29, 1.82) is 0 Å². The van der Waals surface area contributed by atoms with Crippen molar-refractivity contribution >= 4 is 22.6 Å². The molecule has 1 amide bonds. The molecule has 0 aliphatic carbocycles. The molecule has 22 heavy (non-hydrogen) atoms. The van der Waals surface area contributed by atoms with Crippen molar-refractivity contribution in [2.45, 2.75) is 0 Å². The zero-order valence-electron chi connectivity index (χ0n) is 11.1. The van der Waals surface area contributed by atoms with Gasteiger partial charge in [-0.25, -0.2) is 8.78 Å². The summed E-state index contributed by atoms with van der Waals surface area (Å²) in [4.78, 5) is 23.9. The summed E-state index contributed by atoms with van der Waals surface area (Å²) in [5.74, 6) is -3.08. The fourth-order valence-electron chi connectivity index (χ4n) is 2.01. The van der Waals surface area contributed by atoms with E-state index in [0.29, 0.717) is 5.39 Å². The van der Waals surface area contributed by atoms with Crippen LogP contribution in [0.3, 0.4) is 0 Å². The number of nitrogens with one attached hydrogen (secondary N) is 1. The number of hydrogen-bond donors (Lipinski definition) is 1. The molecule has 2 aromatic carbocycles. The number of fused-ring (bicyclic) bond motifs is 1. The summed E-state index contributed by atoms with van der Waals surface area (Å²) in [5.41, 5.74) is -0.793. The van der Waals surface area contributed by atoms with E-state index in [4.69, 9.17) is 4.42 Å². The fraction of sp³-hybridized carbons (Fsp3) is 0. The third kappa shape index (κ3) is 2.46. The summed E-state index contributed by atoms with van der Waals surface area (Å²) in [7, 11) is 0. The number of hydrogen-bond acceptors (Lipinski definition) is 3. The first-order valence-corrected chi connectivity index (χ1v) is 6.34. The zero-order chi connectivity index (χ0) is 15.7. The van der Waals surface area contributed by atoms with Gasteiger partial charge in [-0.3, -0.25) is 9.59 Å². The van der Waals surface area contributed by atoms with Gasteiger partial charge < -0.3 is 9.73 Å². The predicted octanol–water partition coefficient (Wildman–Crippen LogP) is 3.32. The second-order valence-electron chi connectivity index (χ2n) is 4.52. The summed E-state index contributed by atoms with van der Waals surface area (Å²) >= 11 is 0. The number of para-hydroxylation sites is 2. The average Bonchev–Trinajstić information content (AvgIpc) is 2.51. The minimum atomic E-state index is -0.920. The molecule has 1 heterocycles. The first kappa shape index (κ1) is 13.9. The third-order valence-corrected chi connectivity index (χ3v) is 3.06. The highest BCUT2D eigenvalue weighted by atomic mass is 19.1. The molecule has 3 rings (SSSR count). The summed E-state index contributed by atoms with van der Waals surface area (Å²) in [5, 5.41) is 2.38. The lowest BCUT2D eigenvalue weighted by Crippen LogP contribution is -2.16. The Kier molecular flexibility index (Phi) is 3.42. The van der Waals surface area contributed by atoms with Gasteiger partial charge >= 0.3 is 0 Å². The van der Waals surface area contributed by atoms with E-state index in [2.05, 4.69) is 5.32 Å². The maximum atomic E-state index is 13.5. The molecule has 0 unspecified atom stereocenters. The Labute approximate surface area is 123 Å². The van der Waals surface area contributed by atoms with Crippen molar-refractivity contribution in [2.24, 2.45) is 0 Å². The second kappa shape index (κ2) is 5.40. The molecule has 6 heteroatoms. The van der Waals surface area contributed by atoms with Crippen molar-refractivity contribution in [2.75, 3.05) is 5.32 Å². The van der Waals surface area contributed by atoms with E-state index in [0.717, 1.165) is 18.2 Å². The molecule has 1 aromatic heterocycles. The van der Waals surface area contributed by atoms with Crippen LogP contribution in [-0.4, -0.2) is 5.91 Å². The molecule has 0 spiro atoms. The van der Waals surface area contributed by atoms with Crippen molar-refractivity contribution in [3.05, 3.63) is 76.1 Å². The van der Waals surface area contributed by atoms with Crippen LogP contribution in [0.1, 0.15) is 10.6 Å². The molecule has 0 radical (unpaired) electrons. The molecular formula is C16H9F2NO3. The standard InChI is InChI=1S/C16H9F2NO3/c17-10-5-3-6-11(18)15(10)19-16(21)14-8-12(20)9-4-1-2-7-13(9)22-14/h1-8H,(H,19,21). The van der Waals surface area contributed by atoms with Gasteiger partial charge in [0.25, 0.3) is 5.91 Å². The largest absolute Gasteiger partial charge is 0.451 e. The maximum Gasteiger partial charge on any atom is 0.291 e. The highest BCUT2D eigenvalue weighted by molar-refractivity contribution is 6.03. The molecule has 0 bridgehead atoms. The van der Waals surface area contributed by atoms with Gasteiger partial charge in [-0.2, -0.15) is 0 Å². The number of carbonyl (C=O) groups excluding carboxylic acids is 1. The molecule has 0 aliphatic rings. The molecule has 3 aromatic rings. The van der Waals surface area contributed by atoms with Crippen LogP contribution >= 0.6 is 0 Å². The van der Waals surface area contributed by atoms with Crippen LogP contribution in [0.5, 0.6) is 0 Å². The van der Waals surface area contributed by atoms with Gasteiger partial charge in [-0.15, -0.1) is 0 Å². The van der Waals surface area contributed by atoms with Crippen LogP contribution in [0, 0.1) is 11.6 Å². The lowest BCUT2D eigenvalue weighted by atomic mass is 10.2. The van der Waals surface area contributed by atoms with Crippen LogP contribution in [0.25, 0.3) is 11.0 Å². The highest BCUT2D eigenvalue weighted by Crippen LogP contribution is 2.19. The van der Waals surface area contributed by atoms with E-state index in [-0.39, 0.29) is 11.3 Å². The van der Waals surface area contributed by atoms with Crippen molar-refractivity contribution in [3.63, 3.8) is 0 Å². The van der Waals surface area contributed by atoms with Crippen LogP contribution in [-0.2, 0) is 0 Å². The number of anilines is 1. The van der Waals surface area contributed by atoms with E-state index >= 15 is 0 Å². The Morgan fingerprint density at radius 1 is 1.00 bits per heavy atom. The van der Waals surface area contributed by atoms with Crippen LogP contribution in [0.2, 0.25) is 0 Å². The smallest absolute Gasteiger partial charge is 0.291 e. The van der Waals surface area contributed by atoms with E-state index in [1.807, 2.05) is 0 Å². The van der Waals surface area contributed by atoms with Crippen molar-refractivity contribution < 1.29 is 18.0 Å². The SMILES string of the molecule is O=C(Nc1c(F)cccc1F)c1cc(=O)c2ccccc2o1. The second-order valence-corrected chi connectivity index (χ2v) is 4.52. The maximum absolute atomic E-state index is 13.5. The van der Waals surface area contributed by atoms with Crippen molar-refractivity contribution in [1.82, 2.24) is 0 Å². The Bertz CT molecular complexity index is 914. The van der Waals surface area contributed by atoms with Gasteiger partial charge in [0.2, 0.25) is 0 Å². The zero-order valence-corrected chi connectivity index (χ0v) is 11.1. The Morgan fingerprint density at radius 2 is 1.68 bits per heavy atom. The van der Waals surface area contributed by atoms with Gasteiger partial charge in [-0.1, -0.05) is 18.2 Å². The lowest BCUT2D eigenvalue weighted by Gasteiger charge is -2.07. The topological polar surface area (TPSA) is 59.3 Å². The van der Waals surface area contributed by atoms with Gasteiger partial charge in [0.05, 0.1) is 5.39 Å². The van der Waals surface area contributed by atoms with Gasteiger partial charge in [0.15, 0.2) is 11.2 Å². The quantitative estimate of drug-likeness (QED) is 0.790. The van der Waals surface area contributed by atoms with E-state index in [1.54, 1.807) is 18.2 Å². The fourth-order valence-corrected chi connectivity index (χ4v) is 2.01. The van der Waals surface area contributed by atoms with Gasteiger partial charge in [0, 0.05) is 6.07 Å². The molecule has 0 saturated carbocycles. The van der Waals surface area contributed by atoms with Crippen LogP contribution < -0.4 is 10.7 Å². The predicted molar refractivity (Wildman–Crippen MR) is 76.8 cm³/mol. The van der Waals surface area contributed by atoms with E-state index < -0.39 is 28.7 Å². The van der Waals surface area contributed by atoms with Crippen molar-refractivity contribution in [3.8, 4) is 0 Å². The molecule has 110 valence electrons. The summed E-state index contributed by atoms with van der Waals surface area (Å²) < 4.78 is 32.3.